The van der Waals surface area contributed by atoms with Gasteiger partial charge in [-0.3, -0.25) is 9.36 Å². The Morgan fingerprint density at radius 2 is 1.49 bits per heavy atom. The normalized spacial score (nSPS) is 21.3. The van der Waals surface area contributed by atoms with Crippen LogP contribution in [0.25, 0.3) is 33.5 Å². The third-order valence-electron chi connectivity index (χ3n) is 9.89. The van der Waals surface area contributed by atoms with Crippen LogP contribution in [0.2, 0.25) is 48.8 Å². The van der Waals surface area contributed by atoms with Gasteiger partial charge in [0.05, 0.1) is 35.6 Å². The molecule has 2 fully saturated rings. The molecule has 4 aromatic rings. The van der Waals surface area contributed by atoms with Crippen molar-refractivity contribution in [2.24, 2.45) is 0 Å². The number of carbonyl (C=O) groups is 1. The summed E-state index contributed by atoms with van der Waals surface area (Å²) in [5.74, 6) is 0. The average Bonchev–Trinajstić information content (AvgIpc) is 3.73. The number of halogens is 1. The van der Waals surface area contributed by atoms with Crippen LogP contribution < -0.4 is 4.74 Å². The number of carbonyl (C=O) groups excluding carboxylic acids is 1. The summed E-state index contributed by atoms with van der Waals surface area (Å²) in [6.07, 6.45) is -0.117. The monoisotopic (exact) mass is 721 g/mol. The Kier molecular flexibility index (Phi) is 10.3. The number of fused-ring (bicyclic) bond motifs is 2. The second-order valence-corrected chi connectivity index (χ2v) is 26.6. The zero-order valence-electron chi connectivity index (χ0n) is 29.8. The molecule has 0 aliphatic carbocycles. The molecule has 4 heterocycles. The molecule has 2 aliphatic rings. The Morgan fingerprint density at radius 1 is 0.898 bits per heavy atom. The van der Waals surface area contributed by atoms with Crippen LogP contribution >= 0.6 is 11.6 Å². The quantitative estimate of drug-likeness (QED) is 0.0817. The summed E-state index contributed by atoms with van der Waals surface area (Å²) in [4.78, 5) is 20.9. The number of benzene rings is 2. The van der Waals surface area contributed by atoms with E-state index in [2.05, 4.69) is 53.5 Å². The Bertz CT molecular complexity index is 1780. The van der Waals surface area contributed by atoms with E-state index >= 15 is 0 Å². The zero-order chi connectivity index (χ0) is 35.1. The number of hydrogen-bond donors (Lipinski definition) is 0. The third kappa shape index (κ3) is 7.88. The summed E-state index contributed by atoms with van der Waals surface area (Å²) in [7, 11) is -3.30. The van der Waals surface area contributed by atoms with Crippen LogP contribution in [0, 0.1) is 0 Å². The molecule has 262 valence electrons. The standard InChI is InChI=1S/C37H48ClN3O6Si2/c1-37(2,3)49(7,8)47-31-22-45-33-30(21-44-34(31)33)46-36-40-35-29(41(36)23-43-17-18-48(4,5)6)19-28(38)32(39-35)27-15-13-26(14-16-27)25-11-9-24(20-42)10-12-25/h9-16,19-20,30-31,33-34H,17-18,21-23H2,1-8H3/t30-,31?,33-,34-/m1/s1. The summed E-state index contributed by atoms with van der Waals surface area (Å²) >= 11 is 6.91. The van der Waals surface area contributed by atoms with Crippen molar-refractivity contribution >= 4 is 45.4 Å². The highest BCUT2D eigenvalue weighted by Crippen LogP contribution is 2.41. The second kappa shape index (κ2) is 14.0. The molecule has 0 saturated carbocycles. The van der Waals surface area contributed by atoms with Gasteiger partial charge in [0, 0.05) is 25.8 Å². The Morgan fingerprint density at radius 3 is 2.10 bits per heavy atom. The largest absolute Gasteiger partial charge is 0.456 e. The van der Waals surface area contributed by atoms with Crippen molar-refractivity contribution in [2.75, 3.05) is 19.8 Å². The van der Waals surface area contributed by atoms with Gasteiger partial charge in [0.1, 0.15) is 25.2 Å². The molecular weight excluding hydrogens is 674 g/mol. The summed E-state index contributed by atoms with van der Waals surface area (Å²) in [6, 6.07) is 18.8. The molecule has 0 bridgehead atoms. The van der Waals surface area contributed by atoms with Crippen molar-refractivity contribution < 1.29 is 28.2 Å². The number of rotatable bonds is 12. The fraction of sp³-hybridized carbons (Fsp3) is 0.486. The van der Waals surface area contributed by atoms with Crippen molar-refractivity contribution in [1.29, 1.82) is 0 Å². The van der Waals surface area contributed by atoms with Crippen LogP contribution in [0.15, 0.2) is 54.6 Å². The highest BCUT2D eigenvalue weighted by atomic mass is 35.5. The zero-order valence-corrected chi connectivity index (χ0v) is 32.5. The molecule has 0 radical (unpaired) electrons. The lowest BCUT2D eigenvalue weighted by Gasteiger charge is -2.39. The van der Waals surface area contributed by atoms with E-state index in [1.54, 1.807) is 0 Å². The van der Waals surface area contributed by atoms with Gasteiger partial charge in [-0.15, -0.1) is 0 Å². The van der Waals surface area contributed by atoms with Gasteiger partial charge in [0.15, 0.2) is 20.1 Å². The van der Waals surface area contributed by atoms with Crippen LogP contribution in [0.3, 0.4) is 0 Å². The molecule has 49 heavy (non-hydrogen) atoms. The predicted molar refractivity (Wildman–Crippen MR) is 199 cm³/mol. The molecule has 4 atom stereocenters. The predicted octanol–water partition coefficient (Wildman–Crippen LogP) is 8.48. The molecule has 6 rings (SSSR count). The lowest BCUT2D eigenvalue weighted by atomic mass is 10.0. The molecule has 12 heteroatoms. The maximum Gasteiger partial charge on any atom is 0.301 e. The Hall–Kier alpha value is -2.91. The fourth-order valence-electron chi connectivity index (χ4n) is 5.85. The molecule has 0 N–H and O–H groups in total. The molecule has 0 amide bonds. The summed E-state index contributed by atoms with van der Waals surface area (Å²) in [5, 5.41) is 0.582. The van der Waals surface area contributed by atoms with Gasteiger partial charge >= 0.3 is 6.01 Å². The minimum Gasteiger partial charge on any atom is -0.456 e. The number of nitrogens with zero attached hydrogens (tertiary/aromatic N) is 3. The Balaban J connectivity index is 1.26. The van der Waals surface area contributed by atoms with Gasteiger partial charge in [-0.25, -0.2) is 4.98 Å². The molecule has 9 nitrogen and oxygen atoms in total. The molecular formula is C37H48ClN3O6Si2. The minimum absolute atomic E-state index is 0.0826. The first-order valence-corrected chi connectivity index (χ1v) is 24.0. The molecule has 2 aliphatic heterocycles. The average molecular weight is 722 g/mol. The lowest BCUT2D eigenvalue weighted by molar-refractivity contribution is 0.00691. The topological polar surface area (TPSA) is 93.9 Å². The van der Waals surface area contributed by atoms with Gasteiger partial charge in [0.25, 0.3) is 0 Å². The highest BCUT2D eigenvalue weighted by Gasteiger charge is 2.52. The van der Waals surface area contributed by atoms with Gasteiger partial charge in [-0.05, 0) is 41.4 Å². The van der Waals surface area contributed by atoms with Crippen LogP contribution in [0.5, 0.6) is 6.01 Å². The van der Waals surface area contributed by atoms with E-state index in [1.165, 1.54) is 0 Å². The number of imidazole rings is 1. The van der Waals surface area contributed by atoms with Crippen molar-refractivity contribution in [1.82, 2.24) is 14.5 Å². The van der Waals surface area contributed by atoms with E-state index in [1.807, 2.05) is 59.2 Å². The number of aromatic nitrogens is 3. The Labute approximate surface area is 296 Å². The smallest absolute Gasteiger partial charge is 0.301 e. The first-order valence-electron chi connectivity index (χ1n) is 17.0. The van der Waals surface area contributed by atoms with Gasteiger partial charge in [-0.1, -0.05) is 101 Å². The number of hydrogen-bond acceptors (Lipinski definition) is 8. The molecule has 1 unspecified atom stereocenters. The van der Waals surface area contributed by atoms with Crippen LogP contribution in [-0.2, 0) is 25.4 Å². The SMILES string of the molecule is CC(C)(C)[Si](C)(C)OC1CO[C@H]2[C@@H]1OC[C@H]2Oc1nc2nc(-c3ccc(-c4ccc(C=O)cc4)cc3)c(Cl)cc2n1COCC[Si](C)(C)C. The maximum absolute atomic E-state index is 11.1. The van der Waals surface area contributed by atoms with E-state index in [4.69, 9.17) is 44.9 Å². The number of ether oxygens (including phenoxy) is 4. The van der Waals surface area contributed by atoms with E-state index in [-0.39, 0.29) is 36.2 Å². The van der Waals surface area contributed by atoms with E-state index < -0.39 is 16.4 Å². The highest BCUT2D eigenvalue weighted by molar-refractivity contribution is 6.76. The molecule has 2 saturated heterocycles. The summed E-state index contributed by atoms with van der Waals surface area (Å²) in [5.41, 5.74) is 5.42. The van der Waals surface area contributed by atoms with Crippen LogP contribution in [-0.4, -0.2) is 81.4 Å². The number of aldehydes is 1. The first-order chi connectivity index (χ1) is 23.1. The second-order valence-electron chi connectivity index (χ2n) is 15.8. The van der Waals surface area contributed by atoms with E-state index in [0.29, 0.717) is 47.8 Å². The van der Waals surface area contributed by atoms with Crippen molar-refractivity contribution in [2.45, 2.75) is 95.7 Å². The van der Waals surface area contributed by atoms with Crippen LogP contribution in [0.4, 0.5) is 0 Å². The first kappa shape index (κ1) is 35.9. The minimum atomic E-state index is -2.02. The lowest BCUT2D eigenvalue weighted by Crippen LogP contribution is -2.47. The van der Waals surface area contributed by atoms with E-state index in [9.17, 15) is 4.79 Å². The molecule has 2 aromatic carbocycles. The van der Waals surface area contributed by atoms with Gasteiger partial charge in [-0.2, -0.15) is 4.98 Å². The van der Waals surface area contributed by atoms with Gasteiger partial charge in [0.2, 0.25) is 0 Å². The summed E-state index contributed by atoms with van der Waals surface area (Å²) < 4.78 is 33.9. The van der Waals surface area contributed by atoms with Crippen molar-refractivity contribution in [3.05, 3.63) is 65.2 Å². The fourth-order valence-corrected chi connectivity index (χ4v) is 8.18. The summed E-state index contributed by atoms with van der Waals surface area (Å²) in [6.45, 7) is 20.0. The van der Waals surface area contributed by atoms with Crippen molar-refractivity contribution in [3.63, 3.8) is 0 Å². The number of pyridine rings is 1. The van der Waals surface area contributed by atoms with Crippen molar-refractivity contribution in [3.8, 4) is 28.4 Å². The third-order valence-corrected chi connectivity index (χ3v) is 16.4. The van der Waals surface area contributed by atoms with Crippen LogP contribution in [0.1, 0.15) is 31.1 Å². The molecule has 2 aromatic heterocycles. The molecule has 0 spiro atoms. The maximum atomic E-state index is 11.1. The van der Waals surface area contributed by atoms with Gasteiger partial charge < -0.3 is 23.4 Å². The van der Waals surface area contributed by atoms with E-state index in [0.717, 1.165) is 34.5 Å².